The van der Waals surface area contributed by atoms with Crippen LogP contribution in [0.25, 0.3) is 11.1 Å². The van der Waals surface area contributed by atoms with Crippen LogP contribution in [-0.4, -0.2) is 19.8 Å². The van der Waals surface area contributed by atoms with Gasteiger partial charge in [0, 0.05) is 30.1 Å². The SMILES string of the molecule is O=[N+]([O-])c1cccnc1Oc1ccc(Oc2ncccc2[N+](=O)[O-])c(-c2ccccc2)c1. The van der Waals surface area contributed by atoms with Crippen LogP contribution in [0.4, 0.5) is 11.4 Å². The minimum Gasteiger partial charge on any atom is -0.434 e. The van der Waals surface area contributed by atoms with Crippen molar-refractivity contribution in [3.05, 3.63) is 105 Å². The molecule has 0 aliphatic rings. The molecule has 0 fully saturated rings. The molecule has 0 amide bonds. The first-order chi connectivity index (χ1) is 15.5. The Bertz CT molecular complexity index is 1300. The topological polar surface area (TPSA) is 131 Å². The van der Waals surface area contributed by atoms with Gasteiger partial charge < -0.3 is 9.47 Å². The second-order valence-corrected chi connectivity index (χ2v) is 6.40. The van der Waals surface area contributed by atoms with E-state index in [1.54, 1.807) is 12.1 Å². The summed E-state index contributed by atoms with van der Waals surface area (Å²) >= 11 is 0. The van der Waals surface area contributed by atoms with Gasteiger partial charge in [0.25, 0.3) is 11.8 Å². The predicted octanol–water partition coefficient (Wildman–Crippen LogP) is 5.54. The highest BCUT2D eigenvalue weighted by Gasteiger charge is 2.20. The number of aromatic nitrogens is 2. The molecule has 0 aliphatic heterocycles. The van der Waals surface area contributed by atoms with Crippen molar-refractivity contribution in [2.24, 2.45) is 0 Å². The molecule has 2 aromatic heterocycles. The molecule has 2 heterocycles. The monoisotopic (exact) mass is 430 g/mol. The molecule has 158 valence electrons. The molecule has 10 nitrogen and oxygen atoms in total. The van der Waals surface area contributed by atoms with E-state index in [1.165, 1.54) is 42.7 Å². The van der Waals surface area contributed by atoms with Crippen molar-refractivity contribution in [2.45, 2.75) is 0 Å². The third kappa shape index (κ3) is 4.33. The van der Waals surface area contributed by atoms with Crippen LogP contribution in [0.2, 0.25) is 0 Å². The van der Waals surface area contributed by atoms with E-state index in [9.17, 15) is 20.2 Å². The van der Waals surface area contributed by atoms with Gasteiger partial charge in [0.1, 0.15) is 11.5 Å². The van der Waals surface area contributed by atoms with E-state index in [-0.39, 0.29) is 28.9 Å². The van der Waals surface area contributed by atoms with Gasteiger partial charge in [-0.15, -0.1) is 0 Å². The van der Waals surface area contributed by atoms with Crippen LogP contribution in [0.1, 0.15) is 0 Å². The Kier molecular flexibility index (Phi) is 5.66. The summed E-state index contributed by atoms with van der Waals surface area (Å²) in [7, 11) is 0. The fourth-order valence-electron chi connectivity index (χ4n) is 2.92. The van der Waals surface area contributed by atoms with Crippen LogP contribution in [0.5, 0.6) is 23.3 Å². The summed E-state index contributed by atoms with van der Waals surface area (Å²) in [5.74, 6) is 0.239. The largest absolute Gasteiger partial charge is 0.434 e. The fraction of sp³-hybridized carbons (Fsp3) is 0. The number of nitrogens with zero attached hydrogens (tertiary/aromatic N) is 4. The first kappa shape index (κ1) is 20.4. The van der Waals surface area contributed by atoms with Gasteiger partial charge in [-0.1, -0.05) is 30.3 Å². The maximum atomic E-state index is 11.3. The van der Waals surface area contributed by atoms with E-state index >= 15 is 0 Å². The molecule has 0 N–H and O–H groups in total. The molecule has 0 aliphatic carbocycles. The predicted molar refractivity (Wildman–Crippen MR) is 114 cm³/mol. The minimum atomic E-state index is -0.585. The maximum Gasteiger partial charge on any atom is 0.331 e. The Balaban J connectivity index is 1.76. The summed E-state index contributed by atoms with van der Waals surface area (Å²) in [6.07, 6.45) is 2.78. The number of nitro groups is 2. The molecule has 0 radical (unpaired) electrons. The van der Waals surface area contributed by atoms with Gasteiger partial charge in [0.05, 0.1) is 9.85 Å². The van der Waals surface area contributed by atoms with Crippen LogP contribution in [-0.2, 0) is 0 Å². The van der Waals surface area contributed by atoms with Crippen LogP contribution < -0.4 is 9.47 Å². The van der Waals surface area contributed by atoms with Crippen LogP contribution in [0, 0.1) is 20.2 Å². The summed E-state index contributed by atoms with van der Waals surface area (Å²) in [5, 5.41) is 22.6. The number of hydrogen-bond donors (Lipinski definition) is 0. The highest BCUT2D eigenvalue weighted by molar-refractivity contribution is 5.73. The molecule has 4 aromatic rings. The van der Waals surface area contributed by atoms with Gasteiger partial charge in [-0.3, -0.25) is 20.2 Å². The minimum absolute atomic E-state index is 0.162. The Hall–Kier alpha value is -4.86. The van der Waals surface area contributed by atoms with E-state index in [0.29, 0.717) is 11.3 Å². The van der Waals surface area contributed by atoms with Gasteiger partial charge in [0.2, 0.25) is 0 Å². The summed E-state index contributed by atoms with van der Waals surface area (Å²) in [5.41, 5.74) is 0.720. The van der Waals surface area contributed by atoms with E-state index in [1.807, 2.05) is 30.3 Å². The zero-order valence-electron chi connectivity index (χ0n) is 16.3. The van der Waals surface area contributed by atoms with E-state index in [0.717, 1.165) is 5.56 Å². The molecule has 0 bridgehead atoms. The van der Waals surface area contributed by atoms with Crippen molar-refractivity contribution in [3.63, 3.8) is 0 Å². The lowest BCUT2D eigenvalue weighted by atomic mass is 10.0. The summed E-state index contributed by atoms with van der Waals surface area (Å²) in [4.78, 5) is 29.3. The Morgan fingerprint density at radius 3 is 1.88 bits per heavy atom. The maximum absolute atomic E-state index is 11.3. The van der Waals surface area contributed by atoms with Crippen LogP contribution in [0.15, 0.2) is 85.2 Å². The number of benzene rings is 2. The third-order valence-electron chi connectivity index (χ3n) is 4.35. The number of rotatable bonds is 7. The van der Waals surface area contributed by atoms with Gasteiger partial charge in [-0.05, 0) is 35.9 Å². The van der Waals surface area contributed by atoms with Crippen LogP contribution >= 0.6 is 0 Å². The summed E-state index contributed by atoms with van der Waals surface area (Å²) < 4.78 is 11.5. The summed E-state index contributed by atoms with van der Waals surface area (Å²) in [6, 6.07) is 19.3. The molecule has 4 rings (SSSR count). The van der Waals surface area contributed by atoms with Crippen molar-refractivity contribution in [2.75, 3.05) is 0 Å². The quantitative estimate of drug-likeness (QED) is 0.276. The number of pyridine rings is 2. The third-order valence-corrected chi connectivity index (χ3v) is 4.35. The smallest absolute Gasteiger partial charge is 0.331 e. The molecule has 2 aromatic carbocycles. The first-order valence-corrected chi connectivity index (χ1v) is 9.27. The normalized spacial score (nSPS) is 10.4. The van der Waals surface area contributed by atoms with Gasteiger partial charge in [-0.25, -0.2) is 9.97 Å². The van der Waals surface area contributed by atoms with E-state index < -0.39 is 9.85 Å². The Morgan fingerprint density at radius 2 is 1.28 bits per heavy atom. The summed E-state index contributed by atoms with van der Waals surface area (Å²) in [6.45, 7) is 0. The molecular formula is C22H14N4O6. The van der Waals surface area contributed by atoms with Crippen molar-refractivity contribution in [1.29, 1.82) is 0 Å². The second kappa shape index (κ2) is 8.88. The zero-order valence-corrected chi connectivity index (χ0v) is 16.3. The van der Waals surface area contributed by atoms with Crippen molar-refractivity contribution < 1.29 is 19.3 Å². The van der Waals surface area contributed by atoms with Gasteiger partial charge in [-0.2, -0.15) is 0 Å². The molecule has 0 saturated carbocycles. The van der Waals surface area contributed by atoms with Crippen molar-refractivity contribution in [1.82, 2.24) is 9.97 Å². The van der Waals surface area contributed by atoms with Crippen LogP contribution in [0.3, 0.4) is 0 Å². The molecule has 32 heavy (non-hydrogen) atoms. The lowest BCUT2D eigenvalue weighted by molar-refractivity contribution is -0.386. The van der Waals surface area contributed by atoms with E-state index in [2.05, 4.69) is 9.97 Å². The average Bonchev–Trinajstić information content (AvgIpc) is 2.81. The fourth-order valence-corrected chi connectivity index (χ4v) is 2.92. The zero-order chi connectivity index (χ0) is 22.5. The second-order valence-electron chi connectivity index (χ2n) is 6.40. The molecule has 10 heteroatoms. The Labute approximate surface area is 181 Å². The van der Waals surface area contributed by atoms with Crippen molar-refractivity contribution in [3.8, 4) is 34.4 Å². The number of hydrogen-bond acceptors (Lipinski definition) is 8. The highest BCUT2D eigenvalue weighted by atomic mass is 16.6. The van der Waals surface area contributed by atoms with Crippen molar-refractivity contribution >= 4 is 11.4 Å². The van der Waals surface area contributed by atoms with Gasteiger partial charge >= 0.3 is 11.4 Å². The standard InChI is InChI=1S/C22H14N4O6/c27-25(28)18-8-4-12-23-21(18)31-16-10-11-20(17(14-16)15-6-2-1-3-7-15)32-22-19(26(29)30)9-5-13-24-22/h1-14H. The lowest BCUT2D eigenvalue weighted by Gasteiger charge is -2.13. The molecule has 0 spiro atoms. The van der Waals surface area contributed by atoms with Gasteiger partial charge in [0.15, 0.2) is 0 Å². The average molecular weight is 430 g/mol. The first-order valence-electron chi connectivity index (χ1n) is 9.27. The Morgan fingerprint density at radius 1 is 0.688 bits per heavy atom. The molecular weight excluding hydrogens is 416 g/mol. The molecule has 0 saturated heterocycles. The molecule has 0 atom stereocenters. The number of ether oxygens (including phenoxy) is 2. The highest BCUT2D eigenvalue weighted by Crippen LogP contribution is 2.39. The molecule has 0 unspecified atom stereocenters. The lowest BCUT2D eigenvalue weighted by Crippen LogP contribution is -1.98. The van der Waals surface area contributed by atoms with E-state index in [4.69, 9.17) is 9.47 Å².